The second-order valence-electron chi connectivity index (χ2n) is 25.1. The van der Waals surface area contributed by atoms with E-state index in [1.165, 1.54) is 26.2 Å². The molecule has 1 aromatic carbocycles. The Morgan fingerprint density at radius 3 is 1.35 bits per heavy atom. The van der Waals surface area contributed by atoms with Crippen molar-refractivity contribution >= 4 is 29.5 Å². The number of hydrogen-bond acceptors (Lipinski definition) is 31. The van der Waals surface area contributed by atoms with E-state index >= 15 is 0 Å². The van der Waals surface area contributed by atoms with Gasteiger partial charge in [-0.1, -0.05) is 32.3 Å². The van der Waals surface area contributed by atoms with Crippen molar-refractivity contribution in [2.45, 2.75) is 270 Å². The number of unbranched alkanes of at least 4 members (excludes halogenated alkanes) is 5. The normalized spacial score (nSPS) is 39.4. The number of carbonyl (C=O) groups excluding carboxylic acids is 5. The van der Waals surface area contributed by atoms with Crippen LogP contribution in [0.4, 0.5) is 0 Å². The molecule has 6 heterocycles. The quantitative estimate of drug-likeness (QED) is 0.0251. The predicted octanol–water partition coefficient (Wildman–Crippen LogP) is -7.27. The molecule has 0 spiro atoms. The number of benzene rings is 1. The third-order valence-electron chi connectivity index (χ3n) is 17.6. The SMILES string of the molecule is CCCCCCC#CCCCOc1cccc(C(=O)N[C@@H]2C(O[C@H]3C(O)C(NC(C)=O)C(O[C@@H]4C(CO)O[C@@H](O[C@H]5C(O)C(NC(C)=O)C(OC6C(CO[C@@H]7OC(C)C(O)[C@H](O)[C@H]7OC)O[C@@H](O)[C@@H](NC(C)=O)[C@H]6O)O[C@H]5CO)[C@@H](NC(C)=O)C4O)O[C@H]3CO)OC(CO)[C@@H](O)[C@@H]2O)c1. The van der Waals surface area contributed by atoms with Crippen LogP contribution < -0.4 is 31.3 Å². The molecule has 6 aliphatic heterocycles. The largest absolute Gasteiger partial charge is 0.494 e. The van der Waals surface area contributed by atoms with E-state index in [1.54, 1.807) is 12.1 Å². The van der Waals surface area contributed by atoms with Crippen LogP contribution in [0.5, 0.6) is 5.75 Å². The molecule has 36 nitrogen and oxygen atoms in total. The lowest BCUT2D eigenvalue weighted by Crippen LogP contribution is -2.72. The number of amides is 5. The van der Waals surface area contributed by atoms with Gasteiger partial charge in [0.25, 0.3) is 5.91 Å². The average Bonchev–Trinajstić information content (AvgIpc) is 0.771. The Bertz CT molecular complexity index is 2790. The minimum Gasteiger partial charge on any atom is -0.494 e. The number of ether oxygens (including phenoxy) is 13. The Hall–Kier alpha value is -5.07. The lowest BCUT2D eigenvalue weighted by molar-refractivity contribution is -0.368. The topological polar surface area (TPSA) is 528 Å². The van der Waals surface area contributed by atoms with Crippen LogP contribution in [0.1, 0.15) is 96.8 Å². The van der Waals surface area contributed by atoms with E-state index in [1.807, 2.05) is 0 Å². The first kappa shape index (κ1) is 81.2. The molecule has 5 amide bonds. The maximum Gasteiger partial charge on any atom is 0.251 e. The van der Waals surface area contributed by atoms with Crippen LogP contribution in [0.15, 0.2) is 24.3 Å². The van der Waals surface area contributed by atoms with Crippen molar-refractivity contribution in [1.29, 1.82) is 0 Å². The monoisotopic (exact) mass is 1420 g/mol. The number of aliphatic hydroxyl groups excluding tert-OH is 13. The number of nitrogens with one attached hydrogen (secondary N) is 5. The molecule has 6 saturated heterocycles. The van der Waals surface area contributed by atoms with Gasteiger partial charge in [0.1, 0.15) is 146 Å². The fourth-order valence-corrected chi connectivity index (χ4v) is 12.5. The second-order valence-corrected chi connectivity index (χ2v) is 25.1. The van der Waals surface area contributed by atoms with E-state index in [4.69, 9.17) is 61.6 Å². The Kier molecular flexibility index (Phi) is 31.5. The third kappa shape index (κ3) is 20.9. The summed E-state index contributed by atoms with van der Waals surface area (Å²) >= 11 is 0. The summed E-state index contributed by atoms with van der Waals surface area (Å²) in [5, 5.41) is 158. The molecule has 14 unspecified atom stereocenters. The summed E-state index contributed by atoms with van der Waals surface area (Å²) in [6, 6.07) is -2.53. The summed E-state index contributed by atoms with van der Waals surface area (Å²) < 4.78 is 77.9. The van der Waals surface area contributed by atoms with Crippen LogP contribution in [0.25, 0.3) is 0 Å². The fourth-order valence-electron chi connectivity index (χ4n) is 12.5. The van der Waals surface area contributed by atoms with Gasteiger partial charge in [0.2, 0.25) is 23.6 Å². The Labute approximate surface area is 571 Å². The van der Waals surface area contributed by atoms with E-state index < -0.39 is 246 Å². The average molecular weight is 1420 g/mol. The summed E-state index contributed by atoms with van der Waals surface area (Å²) in [6.07, 6.45) is -37.0. The van der Waals surface area contributed by atoms with Gasteiger partial charge < -0.3 is 155 Å². The molecule has 0 saturated carbocycles. The fraction of sp³-hybridized carbons (Fsp3) is 0.794. The standard InChI is InChI=1S/C63H99N5O31/c1-8-9-10-11-12-13-14-15-16-20-88-33-19-17-18-32(21-33)57(85)68-40-46(79)45(78)34(22-69)92-59(40)96-52-35(23-70)93-60(41(48(52)81)65-29(4)74)97-53-36(24-71)94-61(42(49(53)82)66-30(5)75)98-54-37(25-72)95-62(43(50(54)83)67-31(6)76)99-55-38(91-58(86)39(47(55)80)64-28(3)73)26-89-63-56(87-7)51(84)44(77)27(2)90-63/h17-19,21,27,34-56,58-63,69-72,77-84,86H,8-12,15-16,20,22-26H2,1-7H3,(H,64,73)(H,65,74)(H,66,75)(H,67,76)(H,68,85)/t27?,34?,35-,36?,37-,38?,39-,40-,41?,42-,43?,44?,45+,46+,47+,48?,49?,50?,51-,52+,53+,54+,55?,56+,58+,59?,60?,61-,62?,63+/m0/s1. The summed E-state index contributed by atoms with van der Waals surface area (Å²) in [6.45, 7) is 3.43. The number of rotatable bonds is 30. The highest BCUT2D eigenvalue weighted by Gasteiger charge is 2.58. The molecule has 30 atom stereocenters. The zero-order valence-electron chi connectivity index (χ0n) is 56.0. The Morgan fingerprint density at radius 1 is 0.465 bits per heavy atom. The first-order chi connectivity index (χ1) is 47.2. The van der Waals surface area contributed by atoms with Crippen LogP contribution in [0.3, 0.4) is 0 Å². The van der Waals surface area contributed by atoms with Gasteiger partial charge in [0, 0.05) is 53.2 Å². The van der Waals surface area contributed by atoms with Crippen LogP contribution in [0.2, 0.25) is 0 Å². The van der Waals surface area contributed by atoms with E-state index in [0.717, 1.165) is 59.8 Å². The van der Waals surface area contributed by atoms with Gasteiger partial charge in [0.15, 0.2) is 37.7 Å². The molecule has 0 bridgehead atoms. The van der Waals surface area contributed by atoms with E-state index in [0.29, 0.717) is 18.6 Å². The second kappa shape index (κ2) is 38.4. The summed E-state index contributed by atoms with van der Waals surface area (Å²) in [7, 11) is 1.21. The third-order valence-corrected chi connectivity index (χ3v) is 17.6. The lowest BCUT2D eigenvalue weighted by Gasteiger charge is -2.51. The van der Waals surface area contributed by atoms with Crippen molar-refractivity contribution in [3.05, 3.63) is 29.8 Å². The highest BCUT2D eigenvalue weighted by atomic mass is 16.8. The number of carbonyl (C=O) groups is 5. The van der Waals surface area contributed by atoms with Gasteiger partial charge in [-0.05, 0) is 38.0 Å². The molecule has 18 N–H and O–H groups in total. The van der Waals surface area contributed by atoms with E-state index in [-0.39, 0.29) is 12.2 Å². The maximum atomic E-state index is 13.9. The predicted molar refractivity (Wildman–Crippen MR) is 332 cm³/mol. The molecule has 0 aliphatic carbocycles. The van der Waals surface area contributed by atoms with Crippen molar-refractivity contribution in [3.8, 4) is 17.6 Å². The molecular weight excluding hydrogens is 1320 g/mol. The van der Waals surface area contributed by atoms with Crippen molar-refractivity contribution in [3.63, 3.8) is 0 Å². The van der Waals surface area contributed by atoms with Gasteiger partial charge in [-0.3, -0.25) is 24.0 Å². The first-order valence-corrected chi connectivity index (χ1v) is 33.0. The molecule has 1 aromatic rings. The Balaban J connectivity index is 1.07. The highest BCUT2D eigenvalue weighted by Crippen LogP contribution is 2.37. The minimum absolute atomic E-state index is 0.0342. The zero-order chi connectivity index (χ0) is 72.5. The first-order valence-electron chi connectivity index (χ1n) is 33.0. The number of methoxy groups -OCH3 is 1. The summed E-state index contributed by atoms with van der Waals surface area (Å²) in [4.78, 5) is 65.1. The van der Waals surface area contributed by atoms with Gasteiger partial charge in [-0.2, -0.15) is 0 Å². The molecule has 0 aromatic heterocycles. The van der Waals surface area contributed by atoms with Crippen LogP contribution in [0, 0.1) is 11.8 Å². The summed E-state index contributed by atoms with van der Waals surface area (Å²) in [5.41, 5.74) is 0.0342. The van der Waals surface area contributed by atoms with Crippen molar-refractivity contribution in [2.24, 2.45) is 0 Å². The molecule has 99 heavy (non-hydrogen) atoms. The van der Waals surface area contributed by atoms with E-state index in [2.05, 4.69) is 45.3 Å². The van der Waals surface area contributed by atoms with Crippen LogP contribution in [-0.4, -0.2) is 327 Å². The summed E-state index contributed by atoms with van der Waals surface area (Å²) in [5.74, 6) is 2.59. The van der Waals surface area contributed by atoms with Crippen LogP contribution in [-0.2, 0) is 76.0 Å². The highest BCUT2D eigenvalue weighted by molar-refractivity contribution is 5.94. The lowest BCUT2D eigenvalue weighted by atomic mass is 9.93. The molecule has 6 aliphatic rings. The molecular formula is C63H99N5O31. The van der Waals surface area contributed by atoms with Gasteiger partial charge in [-0.25, -0.2) is 0 Å². The van der Waals surface area contributed by atoms with Gasteiger partial charge >= 0.3 is 0 Å². The maximum absolute atomic E-state index is 13.9. The minimum atomic E-state index is -2.07. The molecule has 36 heteroatoms. The van der Waals surface area contributed by atoms with Gasteiger partial charge in [0.05, 0.1) is 45.7 Å². The van der Waals surface area contributed by atoms with Crippen molar-refractivity contribution in [2.75, 3.05) is 46.8 Å². The van der Waals surface area contributed by atoms with Gasteiger partial charge in [-0.15, -0.1) is 11.8 Å². The number of hydrogen-bond donors (Lipinski definition) is 18. The van der Waals surface area contributed by atoms with Crippen LogP contribution >= 0.6 is 0 Å². The van der Waals surface area contributed by atoms with Crippen molar-refractivity contribution < 1.29 is 152 Å². The number of aliphatic hydroxyl groups is 13. The van der Waals surface area contributed by atoms with E-state index in [9.17, 15) is 90.4 Å². The zero-order valence-corrected chi connectivity index (χ0v) is 56.0. The molecule has 0 radical (unpaired) electrons. The van der Waals surface area contributed by atoms with Crippen molar-refractivity contribution in [1.82, 2.24) is 26.6 Å². The molecule has 562 valence electrons. The smallest absolute Gasteiger partial charge is 0.251 e. The molecule has 7 rings (SSSR count). The Morgan fingerprint density at radius 2 is 0.899 bits per heavy atom. The molecule has 6 fully saturated rings.